The maximum absolute atomic E-state index is 12.1. The maximum atomic E-state index is 12.1. The number of fused-ring (bicyclic) bond motifs is 1. The number of carbonyl (C=O) groups is 2. The van der Waals surface area contributed by atoms with E-state index >= 15 is 0 Å². The highest BCUT2D eigenvalue weighted by molar-refractivity contribution is 6.00. The third-order valence-corrected chi connectivity index (χ3v) is 3.40. The van der Waals surface area contributed by atoms with Crippen molar-refractivity contribution in [1.82, 2.24) is 10.6 Å². The molecule has 1 aliphatic rings. The summed E-state index contributed by atoms with van der Waals surface area (Å²) in [6, 6.07) is 7.78. The lowest BCUT2D eigenvalue weighted by molar-refractivity contribution is -0.120. The Morgan fingerprint density at radius 2 is 2.05 bits per heavy atom. The van der Waals surface area contributed by atoms with Gasteiger partial charge in [-0.25, -0.2) is 0 Å². The van der Waals surface area contributed by atoms with E-state index in [9.17, 15) is 9.59 Å². The monoisotopic (exact) mass is 272 g/mol. The summed E-state index contributed by atoms with van der Waals surface area (Å²) in [6.07, 6.45) is 2.06. The molecule has 1 heterocycles. The molecule has 0 saturated heterocycles. The molecule has 2 amide bonds. The lowest BCUT2D eigenvalue weighted by Gasteiger charge is -2.04. The SMILES string of the molecule is Cc1c(C(=O)NCC(=O)NC2CC2)oc2ccccc12. The highest BCUT2D eigenvalue weighted by Gasteiger charge is 2.24. The molecule has 1 aromatic carbocycles. The van der Waals surface area contributed by atoms with E-state index in [2.05, 4.69) is 10.6 Å². The van der Waals surface area contributed by atoms with Crippen molar-refractivity contribution in [3.8, 4) is 0 Å². The third kappa shape index (κ3) is 2.52. The third-order valence-electron chi connectivity index (χ3n) is 3.40. The van der Waals surface area contributed by atoms with E-state index in [1.807, 2.05) is 31.2 Å². The topological polar surface area (TPSA) is 71.3 Å². The Bertz CT molecular complexity index is 671. The predicted molar refractivity (Wildman–Crippen MR) is 74.4 cm³/mol. The number of para-hydroxylation sites is 1. The van der Waals surface area contributed by atoms with Crippen LogP contribution in [0.15, 0.2) is 28.7 Å². The second kappa shape index (κ2) is 5.00. The first-order valence-electron chi connectivity index (χ1n) is 6.71. The van der Waals surface area contributed by atoms with Crippen molar-refractivity contribution in [2.24, 2.45) is 0 Å². The van der Waals surface area contributed by atoms with Gasteiger partial charge in [-0.2, -0.15) is 0 Å². The molecule has 20 heavy (non-hydrogen) atoms. The Balaban J connectivity index is 1.68. The molecule has 1 saturated carbocycles. The van der Waals surface area contributed by atoms with Gasteiger partial charge in [0, 0.05) is 17.0 Å². The highest BCUT2D eigenvalue weighted by Crippen LogP contribution is 2.24. The molecule has 0 bridgehead atoms. The number of carbonyl (C=O) groups excluding carboxylic acids is 2. The van der Waals surface area contributed by atoms with Crippen LogP contribution in [0.25, 0.3) is 11.0 Å². The molecule has 0 unspecified atom stereocenters. The molecule has 0 radical (unpaired) electrons. The largest absolute Gasteiger partial charge is 0.451 e. The molecule has 2 aromatic rings. The second-order valence-electron chi connectivity index (χ2n) is 5.08. The van der Waals surface area contributed by atoms with Gasteiger partial charge in [-0.1, -0.05) is 18.2 Å². The molecular weight excluding hydrogens is 256 g/mol. The fourth-order valence-electron chi connectivity index (χ4n) is 2.14. The Labute approximate surface area is 116 Å². The maximum Gasteiger partial charge on any atom is 0.287 e. The molecule has 0 spiro atoms. The van der Waals surface area contributed by atoms with Crippen LogP contribution in [-0.2, 0) is 4.79 Å². The molecule has 1 fully saturated rings. The van der Waals surface area contributed by atoms with Crippen molar-refractivity contribution in [1.29, 1.82) is 0 Å². The minimum atomic E-state index is -0.357. The van der Waals surface area contributed by atoms with Crippen molar-refractivity contribution in [2.45, 2.75) is 25.8 Å². The zero-order valence-corrected chi connectivity index (χ0v) is 11.2. The van der Waals surface area contributed by atoms with E-state index in [-0.39, 0.29) is 24.1 Å². The number of hydrogen-bond donors (Lipinski definition) is 2. The predicted octanol–water partition coefficient (Wildman–Crippen LogP) is 1.75. The van der Waals surface area contributed by atoms with E-state index in [0.29, 0.717) is 11.6 Å². The minimum Gasteiger partial charge on any atom is -0.451 e. The summed E-state index contributed by atoms with van der Waals surface area (Å²) in [4.78, 5) is 23.6. The Kier molecular flexibility index (Phi) is 3.18. The van der Waals surface area contributed by atoms with Gasteiger partial charge in [0.2, 0.25) is 5.91 Å². The number of amides is 2. The summed E-state index contributed by atoms with van der Waals surface area (Å²) in [5.41, 5.74) is 1.47. The summed E-state index contributed by atoms with van der Waals surface area (Å²) in [5, 5.41) is 6.32. The Morgan fingerprint density at radius 3 is 2.75 bits per heavy atom. The van der Waals surface area contributed by atoms with Crippen molar-refractivity contribution < 1.29 is 14.0 Å². The van der Waals surface area contributed by atoms with Crippen molar-refractivity contribution in [3.63, 3.8) is 0 Å². The first-order valence-corrected chi connectivity index (χ1v) is 6.71. The summed E-state index contributed by atoms with van der Waals surface area (Å²) < 4.78 is 5.54. The van der Waals surface area contributed by atoms with E-state index in [0.717, 1.165) is 23.8 Å². The fraction of sp³-hybridized carbons (Fsp3) is 0.333. The van der Waals surface area contributed by atoms with Crippen LogP contribution in [0.2, 0.25) is 0 Å². The molecule has 3 rings (SSSR count). The molecule has 0 aliphatic heterocycles. The molecule has 5 nitrogen and oxygen atoms in total. The minimum absolute atomic E-state index is 0.0220. The molecule has 104 valence electrons. The lowest BCUT2D eigenvalue weighted by Crippen LogP contribution is -2.37. The van der Waals surface area contributed by atoms with Crippen molar-refractivity contribution in [3.05, 3.63) is 35.6 Å². The standard InChI is InChI=1S/C15H16N2O3/c1-9-11-4-2-3-5-12(11)20-14(9)15(19)16-8-13(18)17-10-6-7-10/h2-5,10H,6-8H2,1H3,(H,16,19)(H,17,18). The number of aryl methyl sites for hydroxylation is 1. The Morgan fingerprint density at radius 1 is 1.30 bits per heavy atom. The average molecular weight is 272 g/mol. The fourth-order valence-corrected chi connectivity index (χ4v) is 2.14. The van der Waals surface area contributed by atoms with Crippen LogP contribution in [0.1, 0.15) is 29.0 Å². The molecule has 1 aromatic heterocycles. The van der Waals surface area contributed by atoms with Gasteiger partial charge in [0.1, 0.15) is 5.58 Å². The second-order valence-corrected chi connectivity index (χ2v) is 5.08. The Hall–Kier alpha value is -2.30. The van der Waals surface area contributed by atoms with Gasteiger partial charge in [0.25, 0.3) is 5.91 Å². The number of rotatable bonds is 4. The molecule has 5 heteroatoms. The van der Waals surface area contributed by atoms with Crippen molar-refractivity contribution in [2.75, 3.05) is 6.54 Å². The lowest BCUT2D eigenvalue weighted by atomic mass is 10.1. The van der Waals surface area contributed by atoms with Crippen LogP contribution < -0.4 is 10.6 Å². The highest BCUT2D eigenvalue weighted by atomic mass is 16.3. The van der Waals surface area contributed by atoms with E-state index in [1.54, 1.807) is 0 Å². The van der Waals surface area contributed by atoms with Crippen LogP contribution in [0.4, 0.5) is 0 Å². The molecular formula is C15H16N2O3. The number of nitrogens with one attached hydrogen (secondary N) is 2. The molecule has 1 aliphatic carbocycles. The number of benzene rings is 1. The first kappa shape index (κ1) is 12.7. The van der Waals surface area contributed by atoms with Gasteiger partial charge in [-0.15, -0.1) is 0 Å². The van der Waals surface area contributed by atoms with Crippen LogP contribution in [0.5, 0.6) is 0 Å². The smallest absolute Gasteiger partial charge is 0.287 e. The molecule has 0 atom stereocenters. The first-order chi connectivity index (χ1) is 9.65. The van der Waals surface area contributed by atoms with Gasteiger partial charge in [-0.3, -0.25) is 9.59 Å². The average Bonchev–Trinajstić information content (AvgIpc) is 3.19. The zero-order valence-electron chi connectivity index (χ0n) is 11.2. The van der Waals surface area contributed by atoms with Gasteiger partial charge in [0.05, 0.1) is 6.54 Å². The summed E-state index contributed by atoms with van der Waals surface area (Å²) in [6.45, 7) is 1.82. The normalized spacial score (nSPS) is 14.2. The van der Waals surface area contributed by atoms with Gasteiger partial charge in [-0.05, 0) is 25.8 Å². The van der Waals surface area contributed by atoms with E-state index < -0.39 is 0 Å². The van der Waals surface area contributed by atoms with Crippen LogP contribution >= 0.6 is 0 Å². The number of furan rings is 1. The van der Waals surface area contributed by atoms with Gasteiger partial charge in [0.15, 0.2) is 5.76 Å². The summed E-state index contributed by atoms with van der Waals surface area (Å²) in [5.74, 6) is -0.246. The zero-order chi connectivity index (χ0) is 14.1. The number of hydrogen-bond acceptors (Lipinski definition) is 3. The van der Waals surface area contributed by atoms with Gasteiger partial charge >= 0.3 is 0 Å². The van der Waals surface area contributed by atoms with Gasteiger partial charge < -0.3 is 15.1 Å². The van der Waals surface area contributed by atoms with Crippen LogP contribution in [0, 0.1) is 6.92 Å². The molecule has 2 N–H and O–H groups in total. The van der Waals surface area contributed by atoms with E-state index in [1.165, 1.54) is 0 Å². The summed E-state index contributed by atoms with van der Waals surface area (Å²) >= 11 is 0. The summed E-state index contributed by atoms with van der Waals surface area (Å²) in [7, 11) is 0. The quantitative estimate of drug-likeness (QED) is 0.890. The van der Waals surface area contributed by atoms with Crippen LogP contribution in [-0.4, -0.2) is 24.4 Å². The van der Waals surface area contributed by atoms with Crippen molar-refractivity contribution >= 4 is 22.8 Å². The van der Waals surface area contributed by atoms with Crippen LogP contribution in [0.3, 0.4) is 0 Å². The van der Waals surface area contributed by atoms with E-state index in [4.69, 9.17) is 4.42 Å².